The van der Waals surface area contributed by atoms with Gasteiger partial charge in [-0.3, -0.25) is 4.79 Å². The second kappa shape index (κ2) is 11.2. The lowest BCUT2D eigenvalue weighted by Gasteiger charge is -2.11. The molecule has 1 fully saturated rings. The largest absolute Gasteiger partial charge is 0.489 e. The molecule has 2 N–H and O–H groups in total. The molecule has 1 saturated heterocycles. The van der Waals surface area contributed by atoms with E-state index >= 15 is 0 Å². The SMILES string of the molecule is Cl.O=C(Cc1cccc(OCc2ccccc2Cl)c1)NCCC1CCNC1. The summed E-state index contributed by atoms with van der Waals surface area (Å²) >= 11 is 6.15. The summed E-state index contributed by atoms with van der Waals surface area (Å²) in [5.74, 6) is 1.49. The Morgan fingerprint density at radius 3 is 2.85 bits per heavy atom. The van der Waals surface area contributed by atoms with Gasteiger partial charge in [-0.25, -0.2) is 0 Å². The van der Waals surface area contributed by atoms with E-state index in [1.165, 1.54) is 6.42 Å². The van der Waals surface area contributed by atoms with E-state index in [1.54, 1.807) is 0 Å². The van der Waals surface area contributed by atoms with Crippen molar-refractivity contribution in [2.45, 2.75) is 25.9 Å². The number of carbonyl (C=O) groups excluding carboxylic acids is 1. The first-order valence-electron chi connectivity index (χ1n) is 9.13. The van der Waals surface area contributed by atoms with E-state index in [2.05, 4.69) is 10.6 Å². The molecule has 0 aromatic heterocycles. The Labute approximate surface area is 172 Å². The second-order valence-corrected chi connectivity index (χ2v) is 7.11. The van der Waals surface area contributed by atoms with Crippen molar-refractivity contribution < 1.29 is 9.53 Å². The van der Waals surface area contributed by atoms with Crippen molar-refractivity contribution in [1.29, 1.82) is 0 Å². The maximum absolute atomic E-state index is 12.1. The first-order valence-corrected chi connectivity index (χ1v) is 9.51. The topological polar surface area (TPSA) is 50.4 Å². The summed E-state index contributed by atoms with van der Waals surface area (Å²) in [5.41, 5.74) is 1.89. The zero-order valence-electron chi connectivity index (χ0n) is 15.2. The van der Waals surface area contributed by atoms with Gasteiger partial charge in [0.25, 0.3) is 0 Å². The standard InChI is InChI=1S/C21H25ClN2O2.ClH/c22-20-7-2-1-5-18(20)15-26-19-6-3-4-17(12-19)13-21(25)24-11-9-16-8-10-23-14-16;/h1-7,12,16,23H,8-11,13-15H2,(H,24,25);1H. The van der Waals surface area contributed by atoms with Crippen molar-refractivity contribution in [3.8, 4) is 5.75 Å². The number of rotatable bonds is 8. The van der Waals surface area contributed by atoms with Gasteiger partial charge in [0.2, 0.25) is 5.91 Å². The van der Waals surface area contributed by atoms with E-state index in [4.69, 9.17) is 16.3 Å². The molecular weight excluding hydrogens is 383 g/mol. The summed E-state index contributed by atoms with van der Waals surface area (Å²) in [6, 6.07) is 15.3. The maximum atomic E-state index is 12.1. The quantitative estimate of drug-likeness (QED) is 0.693. The van der Waals surface area contributed by atoms with E-state index in [0.29, 0.717) is 24.0 Å². The summed E-state index contributed by atoms with van der Waals surface area (Å²) in [6.07, 6.45) is 2.62. The van der Waals surface area contributed by atoms with Crippen LogP contribution in [0.1, 0.15) is 24.0 Å². The number of ether oxygens (including phenoxy) is 1. The van der Waals surface area contributed by atoms with Crippen LogP contribution in [0.25, 0.3) is 0 Å². The van der Waals surface area contributed by atoms with Gasteiger partial charge in [-0.1, -0.05) is 41.9 Å². The monoisotopic (exact) mass is 408 g/mol. The Morgan fingerprint density at radius 2 is 2.07 bits per heavy atom. The molecule has 1 unspecified atom stereocenters. The Bertz CT molecular complexity index is 734. The van der Waals surface area contributed by atoms with Crippen molar-refractivity contribution in [2.75, 3.05) is 19.6 Å². The normalized spacial score (nSPS) is 15.8. The zero-order valence-corrected chi connectivity index (χ0v) is 16.8. The van der Waals surface area contributed by atoms with Gasteiger partial charge in [-0.2, -0.15) is 0 Å². The van der Waals surface area contributed by atoms with E-state index in [-0.39, 0.29) is 18.3 Å². The lowest BCUT2D eigenvalue weighted by molar-refractivity contribution is -0.120. The fourth-order valence-electron chi connectivity index (χ4n) is 3.15. The van der Waals surface area contributed by atoms with Crippen LogP contribution in [0.5, 0.6) is 5.75 Å². The number of hydrogen-bond donors (Lipinski definition) is 2. The number of nitrogens with one attached hydrogen (secondary N) is 2. The van der Waals surface area contributed by atoms with Crippen molar-refractivity contribution >= 4 is 29.9 Å². The molecule has 4 nitrogen and oxygen atoms in total. The van der Waals surface area contributed by atoms with Gasteiger partial charge in [-0.15, -0.1) is 12.4 Å². The van der Waals surface area contributed by atoms with E-state index in [1.807, 2.05) is 48.5 Å². The molecule has 6 heteroatoms. The van der Waals surface area contributed by atoms with Gasteiger partial charge in [-0.05, 0) is 55.6 Å². The minimum absolute atomic E-state index is 0. The molecule has 1 atom stereocenters. The van der Waals surface area contributed by atoms with Crippen molar-refractivity contribution in [2.24, 2.45) is 5.92 Å². The van der Waals surface area contributed by atoms with Crippen molar-refractivity contribution in [3.05, 3.63) is 64.7 Å². The average Bonchev–Trinajstić information content (AvgIpc) is 3.15. The molecule has 27 heavy (non-hydrogen) atoms. The number of carbonyl (C=O) groups is 1. The smallest absolute Gasteiger partial charge is 0.224 e. The van der Waals surface area contributed by atoms with Crippen LogP contribution in [-0.2, 0) is 17.8 Å². The zero-order chi connectivity index (χ0) is 18.2. The first kappa shape index (κ1) is 21.5. The Balaban J connectivity index is 0.00000261. The summed E-state index contributed by atoms with van der Waals surface area (Å²) in [5, 5.41) is 7.06. The molecule has 1 heterocycles. The van der Waals surface area contributed by atoms with Crippen LogP contribution in [0.4, 0.5) is 0 Å². The summed E-state index contributed by atoms with van der Waals surface area (Å²) in [7, 11) is 0. The Morgan fingerprint density at radius 1 is 1.22 bits per heavy atom. The van der Waals surface area contributed by atoms with Crippen LogP contribution in [0.3, 0.4) is 0 Å². The molecule has 1 aliphatic rings. The van der Waals surface area contributed by atoms with Gasteiger partial charge >= 0.3 is 0 Å². The molecular formula is C21H26Cl2N2O2. The summed E-state index contributed by atoms with van der Waals surface area (Å²) < 4.78 is 5.82. The highest BCUT2D eigenvalue weighted by Crippen LogP contribution is 2.19. The van der Waals surface area contributed by atoms with Crippen LogP contribution in [-0.4, -0.2) is 25.5 Å². The first-order chi connectivity index (χ1) is 12.7. The third-order valence-electron chi connectivity index (χ3n) is 4.65. The van der Waals surface area contributed by atoms with E-state index in [9.17, 15) is 4.79 Å². The fraction of sp³-hybridized carbons (Fsp3) is 0.381. The number of amides is 1. The van der Waals surface area contributed by atoms with Gasteiger partial charge < -0.3 is 15.4 Å². The summed E-state index contributed by atoms with van der Waals surface area (Å²) in [6.45, 7) is 3.32. The highest BCUT2D eigenvalue weighted by Gasteiger charge is 2.14. The second-order valence-electron chi connectivity index (χ2n) is 6.70. The molecule has 2 aromatic rings. The van der Waals surface area contributed by atoms with Crippen LogP contribution >= 0.6 is 24.0 Å². The number of halogens is 2. The predicted molar refractivity (Wildman–Crippen MR) is 112 cm³/mol. The molecule has 0 saturated carbocycles. The molecule has 3 rings (SSSR count). The van der Waals surface area contributed by atoms with Gasteiger partial charge in [0.1, 0.15) is 12.4 Å². The highest BCUT2D eigenvalue weighted by molar-refractivity contribution is 6.31. The third-order valence-corrected chi connectivity index (χ3v) is 5.02. The molecule has 2 aromatic carbocycles. The minimum Gasteiger partial charge on any atom is -0.489 e. The molecule has 146 valence electrons. The van der Waals surface area contributed by atoms with Gasteiger partial charge in [0, 0.05) is 17.1 Å². The van der Waals surface area contributed by atoms with Crippen molar-refractivity contribution in [3.63, 3.8) is 0 Å². The van der Waals surface area contributed by atoms with Crippen molar-refractivity contribution in [1.82, 2.24) is 10.6 Å². The highest BCUT2D eigenvalue weighted by atomic mass is 35.5. The Hall–Kier alpha value is -1.75. The number of hydrogen-bond acceptors (Lipinski definition) is 3. The molecule has 0 spiro atoms. The van der Waals surface area contributed by atoms with E-state index < -0.39 is 0 Å². The van der Waals surface area contributed by atoms with Crippen LogP contribution in [0.2, 0.25) is 5.02 Å². The predicted octanol–water partition coefficient (Wildman–Crippen LogP) is 4.00. The van der Waals surface area contributed by atoms with Gasteiger partial charge in [0.05, 0.1) is 6.42 Å². The van der Waals surface area contributed by atoms with Crippen LogP contribution < -0.4 is 15.4 Å². The summed E-state index contributed by atoms with van der Waals surface area (Å²) in [4.78, 5) is 12.1. The average molecular weight is 409 g/mol. The van der Waals surface area contributed by atoms with Crippen LogP contribution in [0, 0.1) is 5.92 Å². The number of benzene rings is 2. The van der Waals surface area contributed by atoms with Gasteiger partial charge in [0.15, 0.2) is 0 Å². The molecule has 0 aliphatic carbocycles. The van der Waals surface area contributed by atoms with E-state index in [0.717, 1.165) is 42.9 Å². The lowest BCUT2D eigenvalue weighted by atomic mass is 10.1. The minimum atomic E-state index is 0. The fourth-order valence-corrected chi connectivity index (χ4v) is 3.34. The molecule has 1 aliphatic heterocycles. The maximum Gasteiger partial charge on any atom is 0.224 e. The Kier molecular flexibility index (Phi) is 8.92. The third kappa shape index (κ3) is 7.06. The molecule has 0 radical (unpaired) electrons. The molecule has 0 bridgehead atoms. The molecule has 1 amide bonds. The van der Waals surface area contributed by atoms with Crippen LogP contribution in [0.15, 0.2) is 48.5 Å². The lowest BCUT2D eigenvalue weighted by Crippen LogP contribution is -2.27.